The van der Waals surface area contributed by atoms with E-state index in [2.05, 4.69) is 112 Å². The van der Waals surface area contributed by atoms with Crippen LogP contribution in [-0.2, 0) is 0 Å². The number of benzene rings is 2. The maximum Gasteiger partial charge on any atom is 0.145 e. The van der Waals surface area contributed by atoms with Gasteiger partial charge in [-0.25, -0.2) is 4.98 Å². The third-order valence-corrected chi connectivity index (χ3v) is 6.11. The fourth-order valence-electron chi connectivity index (χ4n) is 4.12. The van der Waals surface area contributed by atoms with Crippen molar-refractivity contribution in [1.82, 2.24) is 9.55 Å². The van der Waals surface area contributed by atoms with Gasteiger partial charge >= 0.3 is 0 Å². The maximum atomic E-state index is 5.26. The minimum absolute atomic E-state index is 0.981. The molecule has 0 unspecified atom stereocenters. The number of imidazole rings is 1. The van der Waals surface area contributed by atoms with E-state index in [-0.39, 0.29) is 0 Å². The number of para-hydroxylation sites is 1. The zero-order chi connectivity index (χ0) is 20.3. The molecule has 0 spiro atoms. The number of hydrogen-bond donors (Lipinski definition) is 0. The van der Waals surface area contributed by atoms with E-state index in [0.29, 0.717) is 0 Å². The van der Waals surface area contributed by atoms with Gasteiger partial charge < -0.3 is 0 Å². The summed E-state index contributed by atoms with van der Waals surface area (Å²) in [6, 6.07) is 19.0. The maximum absolute atomic E-state index is 5.26. The average molecular weight is 455 g/mol. The number of allylic oxidation sites excluding steroid dienone is 8. The summed E-state index contributed by atoms with van der Waals surface area (Å²) in [5.74, 6) is 0.981. The number of nitrogens with zero attached hydrogens (tertiary/aromatic N) is 2. The van der Waals surface area contributed by atoms with Gasteiger partial charge in [-0.2, -0.15) is 0 Å². The Balaban J connectivity index is 1.82. The third-order valence-electron chi connectivity index (χ3n) is 5.58. The zero-order valence-corrected chi connectivity index (χ0v) is 18.3. The van der Waals surface area contributed by atoms with E-state index in [1.54, 1.807) is 0 Å². The minimum Gasteiger partial charge on any atom is -0.292 e. The van der Waals surface area contributed by atoms with Crippen molar-refractivity contribution < 1.29 is 0 Å². The molecule has 30 heavy (non-hydrogen) atoms. The summed E-state index contributed by atoms with van der Waals surface area (Å²) in [5.41, 5.74) is 7.10. The largest absolute Gasteiger partial charge is 0.292 e. The molecule has 5 rings (SSSR count). The molecule has 1 aromatic heterocycles. The molecule has 0 amide bonds. The molecule has 3 aromatic rings. The highest BCUT2D eigenvalue weighted by Gasteiger charge is 2.24. The van der Waals surface area contributed by atoms with Crippen molar-refractivity contribution in [2.24, 2.45) is 0 Å². The molecule has 0 radical (unpaired) electrons. The van der Waals surface area contributed by atoms with Crippen molar-refractivity contribution in [2.75, 3.05) is 0 Å². The molecule has 148 valence electrons. The van der Waals surface area contributed by atoms with Gasteiger partial charge in [0.15, 0.2) is 0 Å². The van der Waals surface area contributed by atoms with E-state index >= 15 is 0 Å². The van der Waals surface area contributed by atoms with Crippen LogP contribution in [0.5, 0.6) is 0 Å². The van der Waals surface area contributed by atoms with Crippen LogP contribution in [0.15, 0.2) is 95.5 Å². The van der Waals surface area contributed by atoms with E-state index in [4.69, 9.17) is 4.98 Å². The molecule has 0 atom stereocenters. The topological polar surface area (TPSA) is 17.8 Å². The standard InChI is InChI=1S/C27H23BrN2/c28-23-18-16-22(17-19-23)27-29-25(20-10-4-1-5-11-20)26(21-12-6-2-7-13-21)30(27)24-14-8-3-9-15-24/h1,3-4,6,8-10,12-19H,2,5,7,11H2. The first kappa shape index (κ1) is 19.1. The van der Waals surface area contributed by atoms with Gasteiger partial charge in [-0.15, -0.1) is 0 Å². The van der Waals surface area contributed by atoms with E-state index in [9.17, 15) is 0 Å². The molecular weight excluding hydrogens is 432 g/mol. The van der Waals surface area contributed by atoms with Crippen molar-refractivity contribution in [1.29, 1.82) is 0 Å². The molecule has 0 saturated heterocycles. The van der Waals surface area contributed by atoms with Crippen molar-refractivity contribution in [2.45, 2.75) is 25.7 Å². The van der Waals surface area contributed by atoms with Crippen LogP contribution in [0, 0.1) is 0 Å². The monoisotopic (exact) mass is 454 g/mol. The average Bonchev–Trinajstić information content (AvgIpc) is 3.22. The van der Waals surface area contributed by atoms with Gasteiger partial charge in [0.25, 0.3) is 0 Å². The van der Waals surface area contributed by atoms with Gasteiger partial charge in [-0.1, -0.05) is 82.7 Å². The Morgan fingerprint density at radius 2 is 1.70 bits per heavy atom. The summed E-state index contributed by atoms with van der Waals surface area (Å²) < 4.78 is 3.40. The second kappa shape index (κ2) is 8.45. The Bertz CT molecular complexity index is 1180. The molecule has 2 aliphatic carbocycles. The van der Waals surface area contributed by atoms with Gasteiger partial charge in [-0.05, 0) is 61.1 Å². The fourth-order valence-corrected chi connectivity index (χ4v) is 4.38. The molecule has 0 bridgehead atoms. The summed E-state index contributed by atoms with van der Waals surface area (Å²) in [4.78, 5) is 5.26. The highest BCUT2D eigenvalue weighted by molar-refractivity contribution is 9.10. The lowest BCUT2D eigenvalue weighted by Crippen LogP contribution is -2.04. The van der Waals surface area contributed by atoms with Crippen LogP contribution in [0.2, 0.25) is 0 Å². The lowest BCUT2D eigenvalue weighted by Gasteiger charge is -2.16. The Labute approximate surface area is 186 Å². The molecular formula is C27H23BrN2. The van der Waals surface area contributed by atoms with Crippen molar-refractivity contribution in [3.63, 3.8) is 0 Å². The normalized spacial score (nSPS) is 15.8. The SMILES string of the molecule is Brc1ccc(-c2nc(C3=CC=CCC3)c(C3=CCCC=C3)n2-c2ccccc2)cc1. The number of aromatic nitrogens is 2. The van der Waals surface area contributed by atoms with Crippen LogP contribution in [0.25, 0.3) is 28.2 Å². The minimum atomic E-state index is 0.981. The highest BCUT2D eigenvalue weighted by atomic mass is 79.9. The van der Waals surface area contributed by atoms with Crippen molar-refractivity contribution in [3.8, 4) is 17.1 Å². The first-order valence-corrected chi connectivity index (χ1v) is 11.3. The van der Waals surface area contributed by atoms with Crippen LogP contribution in [0.4, 0.5) is 0 Å². The van der Waals surface area contributed by atoms with Gasteiger partial charge in [0, 0.05) is 15.7 Å². The molecule has 0 saturated carbocycles. The Morgan fingerprint density at radius 3 is 2.40 bits per heavy atom. The Hall–Kier alpha value is -2.91. The van der Waals surface area contributed by atoms with Gasteiger partial charge in [0.1, 0.15) is 5.82 Å². The summed E-state index contributed by atoms with van der Waals surface area (Å²) >= 11 is 3.56. The van der Waals surface area contributed by atoms with Crippen LogP contribution in [0.3, 0.4) is 0 Å². The van der Waals surface area contributed by atoms with Crippen molar-refractivity contribution >= 4 is 27.1 Å². The summed E-state index contributed by atoms with van der Waals surface area (Å²) in [6.45, 7) is 0. The molecule has 0 aliphatic heterocycles. The van der Waals surface area contributed by atoms with E-state index in [1.807, 2.05) is 0 Å². The van der Waals surface area contributed by atoms with Gasteiger partial charge in [0.2, 0.25) is 0 Å². The first-order valence-electron chi connectivity index (χ1n) is 10.5. The highest BCUT2D eigenvalue weighted by Crippen LogP contribution is 2.38. The summed E-state index contributed by atoms with van der Waals surface area (Å²) in [5, 5.41) is 0. The molecule has 2 aromatic carbocycles. The lowest BCUT2D eigenvalue weighted by atomic mass is 9.96. The fraction of sp³-hybridized carbons (Fsp3) is 0.148. The van der Waals surface area contributed by atoms with Gasteiger partial charge in [0.05, 0.1) is 11.4 Å². The predicted octanol–water partition coefficient (Wildman–Crippen LogP) is 7.77. The van der Waals surface area contributed by atoms with E-state index in [1.165, 1.54) is 16.8 Å². The van der Waals surface area contributed by atoms with Crippen molar-refractivity contribution in [3.05, 3.63) is 107 Å². The van der Waals surface area contributed by atoms with Crippen LogP contribution in [-0.4, -0.2) is 9.55 Å². The van der Waals surface area contributed by atoms with Gasteiger partial charge in [-0.3, -0.25) is 4.57 Å². The number of hydrogen-bond acceptors (Lipinski definition) is 1. The Morgan fingerprint density at radius 1 is 0.867 bits per heavy atom. The van der Waals surface area contributed by atoms with E-state index < -0.39 is 0 Å². The second-order valence-corrected chi connectivity index (χ2v) is 8.52. The first-order chi connectivity index (χ1) is 14.8. The predicted molar refractivity (Wildman–Crippen MR) is 129 cm³/mol. The molecule has 1 heterocycles. The molecule has 0 N–H and O–H groups in total. The zero-order valence-electron chi connectivity index (χ0n) is 16.8. The quantitative estimate of drug-likeness (QED) is 0.393. The number of halogens is 1. The molecule has 2 aliphatic rings. The second-order valence-electron chi connectivity index (χ2n) is 7.61. The summed E-state index contributed by atoms with van der Waals surface area (Å²) in [7, 11) is 0. The molecule has 0 fully saturated rings. The lowest BCUT2D eigenvalue weighted by molar-refractivity contribution is 1.01. The smallest absolute Gasteiger partial charge is 0.145 e. The summed E-state index contributed by atoms with van der Waals surface area (Å²) in [6.07, 6.45) is 17.7. The third kappa shape index (κ3) is 3.66. The Kier molecular flexibility index (Phi) is 5.37. The van der Waals surface area contributed by atoms with Crippen LogP contribution in [0.1, 0.15) is 37.1 Å². The number of rotatable bonds is 4. The van der Waals surface area contributed by atoms with Crippen LogP contribution < -0.4 is 0 Å². The molecule has 2 nitrogen and oxygen atoms in total. The van der Waals surface area contributed by atoms with Crippen LogP contribution >= 0.6 is 15.9 Å². The van der Waals surface area contributed by atoms with E-state index in [0.717, 1.165) is 52.9 Å². The molecule has 3 heteroatoms.